The summed E-state index contributed by atoms with van der Waals surface area (Å²) in [5.41, 5.74) is -0.539. The van der Waals surface area contributed by atoms with E-state index in [9.17, 15) is 19.5 Å². The van der Waals surface area contributed by atoms with Gasteiger partial charge in [0.05, 0.1) is 11.6 Å². The molecule has 0 aromatic rings. The van der Waals surface area contributed by atoms with Gasteiger partial charge in [-0.25, -0.2) is 4.79 Å². The predicted octanol–water partition coefficient (Wildman–Crippen LogP) is 3.98. The van der Waals surface area contributed by atoms with E-state index in [-0.39, 0.29) is 41.3 Å². The minimum Gasteiger partial charge on any atom is -0.478 e. The molecule has 0 aliphatic carbocycles. The third-order valence-electron chi connectivity index (χ3n) is 6.32. The topological polar surface area (TPSA) is 98.7 Å². The summed E-state index contributed by atoms with van der Waals surface area (Å²) in [4.78, 5) is 39.8. The van der Waals surface area contributed by atoms with E-state index in [0.717, 1.165) is 6.42 Å². The van der Waals surface area contributed by atoms with Crippen molar-refractivity contribution in [2.24, 2.45) is 11.8 Å². The Morgan fingerprint density at radius 2 is 1.56 bits per heavy atom. The third-order valence-corrected chi connectivity index (χ3v) is 6.32. The van der Waals surface area contributed by atoms with E-state index >= 15 is 0 Å². The summed E-state index contributed by atoms with van der Waals surface area (Å²) in [5.74, 6) is -1.15. The molecule has 32 heavy (non-hydrogen) atoms. The molecule has 0 saturated carbocycles. The van der Waals surface area contributed by atoms with Gasteiger partial charge in [0, 0.05) is 18.7 Å². The van der Waals surface area contributed by atoms with Crippen LogP contribution in [0.2, 0.25) is 0 Å². The van der Waals surface area contributed by atoms with Gasteiger partial charge in [0.1, 0.15) is 6.04 Å². The highest BCUT2D eigenvalue weighted by Gasteiger charge is 2.39. The first-order chi connectivity index (χ1) is 14.8. The van der Waals surface area contributed by atoms with Crippen LogP contribution in [0, 0.1) is 11.8 Å². The first-order valence-electron chi connectivity index (χ1n) is 12.0. The lowest BCUT2D eigenvalue weighted by atomic mass is 9.89. The zero-order valence-electron chi connectivity index (χ0n) is 21.9. The lowest BCUT2D eigenvalue weighted by molar-refractivity contribution is -0.139. The van der Waals surface area contributed by atoms with E-state index in [1.165, 1.54) is 6.92 Å². The first-order valence-corrected chi connectivity index (χ1v) is 12.0. The fourth-order valence-corrected chi connectivity index (χ4v) is 3.88. The Morgan fingerprint density at radius 3 is 1.94 bits per heavy atom. The number of likely N-dealkylation sites (N-methyl/N-ethyl adjacent to an activating group) is 1. The number of hydrogen-bond acceptors (Lipinski definition) is 4. The SMILES string of the molecule is CCC(C)NC(CC)(CC)C(=O)N[C@@H](CC(C)C)C(=O)N(C)[C@H](C=C(C)C(=O)O)C(C)C. The minimum atomic E-state index is -1.00. The Labute approximate surface area is 195 Å². The number of carbonyl (C=O) groups excluding carboxylic acids is 2. The highest BCUT2D eigenvalue weighted by atomic mass is 16.4. The van der Waals surface area contributed by atoms with Crippen molar-refractivity contribution in [3.8, 4) is 0 Å². The molecule has 0 fully saturated rings. The average molecular weight is 454 g/mol. The number of hydrogen-bond donors (Lipinski definition) is 3. The Morgan fingerprint density at radius 1 is 1.03 bits per heavy atom. The summed E-state index contributed by atoms with van der Waals surface area (Å²) in [6.45, 7) is 17.6. The monoisotopic (exact) mass is 453 g/mol. The van der Waals surface area contributed by atoms with Crippen LogP contribution in [-0.2, 0) is 14.4 Å². The third kappa shape index (κ3) is 8.57. The number of carbonyl (C=O) groups is 3. The van der Waals surface area contributed by atoms with Gasteiger partial charge in [0.15, 0.2) is 0 Å². The zero-order valence-corrected chi connectivity index (χ0v) is 21.9. The molecular formula is C25H47N3O4. The van der Waals surface area contributed by atoms with Gasteiger partial charge in [-0.15, -0.1) is 0 Å². The number of carboxylic acid groups (broad SMARTS) is 1. The van der Waals surface area contributed by atoms with Gasteiger partial charge >= 0.3 is 5.97 Å². The summed E-state index contributed by atoms with van der Waals surface area (Å²) in [7, 11) is 1.68. The van der Waals surface area contributed by atoms with Crippen LogP contribution in [0.3, 0.4) is 0 Å². The van der Waals surface area contributed by atoms with Crippen molar-refractivity contribution < 1.29 is 19.5 Å². The lowest BCUT2D eigenvalue weighted by Gasteiger charge is -2.37. The number of amides is 2. The van der Waals surface area contributed by atoms with E-state index in [1.54, 1.807) is 18.0 Å². The van der Waals surface area contributed by atoms with Gasteiger partial charge in [-0.1, -0.05) is 54.5 Å². The molecule has 0 radical (unpaired) electrons. The fraction of sp³-hybridized carbons (Fsp3) is 0.800. The van der Waals surface area contributed by atoms with Crippen molar-refractivity contribution in [1.29, 1.82) is 0 Å². The van der Waals surface area contributed by atoms with E-state index < -0.39 is 17.6 Å². The highest BCUT2D eigenvalue weighted by Crippen LogP contribution is 2.20. The van der Waals surface area contributed by atoms with Crippen molar-refractivity contribution in [1.82, 2.24) is 15.5 Å². The summed E-state index contributed by atoms with van der Waals surface area (Å²) in [6.07, 6.45) is 4.26. The summed E-state index contributed by atoms with van der Waals surface area (Å²) in [5, 5.41) is 15.8. The summed E-state index contributed by atoms with van der Waals surface area (Å²) >= 11 is 0. The molecule has 0 saturated heterocycles. The van der Waals surface area contributed by atoms with Gasteiger partial charge in [0.25, 0.3) is 0 Å². The molecule has 0 rings (SSSR count). The Kier molecular flexibility index (Phi) is 12.8. The van der Waals surface area contributed by atoms with Crippen molar-refractivity contribution in [3.05, 3.63) is 11.6 Å². The number of rotatable bonds is 14. The summed E-state index contributed by atoms with van der Waals surface area (Å²) in [6, 6.07) is -0.883. The number of carboxylic acids is 1. The molecule has 186 valence electrons. The molecule has 2 amide bonds. The van der Waals surface area contributed by atoms with E-state index in [2.05, 4.69) is 24.5 Å². The number of nitrogens with zero attached hydrogens (tertiary/aromatic N) is 1. The molecule has 7 nitrogen and oxygen atoms in total. The van der Waals surface area contributed by atoms with Crippen LogP contribution in [0.5, 0.6) is 0 Å². The van der Waals surface area contributed by atoms with Crippen LogP contribution in [-0.4, -0.2) is 58.5 Å². The fourth-order valence-electron chi connectivity index (χ4n) is 3.88. The van der Waals surface area contributed by atoms with Crippen molar-refractivity contribution in [3.63, 3.8) is 0 Å². The second kappa shape index (κ2) is 13.6. The average Bonchev–Trinajstić information content (AvgIpc) is 2.73. The molecule has 0 aromatic heterocycles. The van der Waals surface area contributed by atoms with Crippen molar-refractivity contribution in [2.45, 2.75) is 112 Å². The molecule has 0 spiro atoms. The Bertz CT molecular complexity index is 654. The van der Waals surface area contributed by atoms with Gasteiger partial charge in [-0.2, -0.15) is 0 Å². The molecule has 1 unspecified atom stereocenters. The van der Waals surface area contributed by atoms with Crippen LogP contribution in [0.1, 0.15) is 88.0 Å². The van der Waals surface area contributed by atoms with E-state index in [0.29, 0.717) is 19.3 Å². The molecule has 0 aromatic carbocycles. The van der Waals surface area contributed by atoms with Crippen molar-refractivity contribution in [2.75, 3.05) is 7.05 Å². The molecule has 3 atom stereocenters. The Balaban J connectivity index is 5.93. The molecular weight excluding hydrogens is 406 g/mol. The second-order valence-electron chi connectivity index (χ2n) is 9.74. The van der Waals surface area contributed by atoms with Crippen LogP contribution < -0.4 is 10.6 Å². The van der Waals surface area contributed by atoms with Crippen LogP contribution in [0.4, 0.5) is 0 Å². The quantitative estimate of drug-likeness (QED) is 0.346. The second-order valence-corrected chi connectivity index (χ2v) is 9.74. The van der Waals surface area contributed by atoms with Gasteiger partial charge in [0.2, 0.25) is 11.8 Å². The van der Waals surface area contributed by atoms with Gasteiger partial charge in [-0.3, -0.25) is 9.59 Å². The first kappa shape index (κ1) is 30.1. The zero-order chi connectivity index (χ0) is 25.2. The van der Waals surface area contributed by atoms with E-state index in [1.807, 2.05) is 41.5 Å². The standard InChI is InChI=1S/C25H47N3O4/c1-11-19(9)27-25(12-2,13-3)24(32)26-20(14-16(4)5)22(29)28(10)21(17(6)7)15-18(8)23(30)31/h15-17,19-21,27H,11-14H2,1-10H3,(H,26,32)(H,30,31)/t19?,20-,21+/m0/s1. The molecule has 7 heteroatoms. The summed E-state index contributed by atoms with van der Waals surface area (Å²) < 4.78 is 0. The van der Waals surface area contributed by atoms with Crippen LogP contribution in [0.15, 0.2) is 11.6 Å². The maximum atomic E-state index is 13.5. The largest absolute Gasteiger partial charge is 0.478 e. The van der Waals surface area contributed by atoms with Crippen molar-refractivity contribution >= 4 is 17.8 Å². The Hall–Kier alpha value is -1.89. The van der Waals surface area contributed by atoms with E-state index in [4.69, 9.17) is 0 Å². The molecule has 3 N–H and O–H groups in total. The molecule has 0 aliphatic heterocycles. The smallest absolute Gasteiger partial charge is 0.331 e. The van der Waals surface area contributed by atoms with Gasteiger partial charge in [-0.05, 0) is 51.4 Å². The van der Waals surface area contributed by atoms with Crippen LogP contribution in [0.25, 0.3) is 0 Å². The van der Waals surface area contributed by atoms with Gasteiger partial charge < -0.3 is 20.6 Å². The molecule has 0 heterocycles. The minimum absolute atomic E-state index is 0.0195. The lowest BCUT2D eigenvalue weighted by Crippen LogP contribution is -2.62. The molecule has 0 bridgehead atoms. The normalized spacial score (nSPS) is 15.4. The maximum Gasteiger partial charge on any atom is 0.331 e. The van der Waals surface area contributed by atoms with Crippen LogP contribution >= 0.6 is 0 Å². The highest BCUT2D eigenvalue weighted by molar-refractivity contribution is 5.92. The number of nitrogens with one attached hydrogen (secondary N) is 2. The number of aliphatic carboxylic acids is 1. The molecule has 0 aliphatic rings. The maximum absolute atomic E-state index is 13.5. The predicted molar refractivity (Wildman–Crippen MR) is 130 cm³/mol.